The Bertz CT molecular complexity index is 585. The number of aromatic nitrogens is 1. The SMILES string of the molecule is Cc1ccc(-c2cc(C(=O)NC(C)C(C)C)on2)cc1. The third-order valence-electron chi connectivity index (χ3n) is 3.44. The Morgan fingerprint density at radius 3 is 2.45 bits per heavy atom. The van der Waals surface area contributed by atoms with E-state index in [2.05, 4.69) is 24.3 Å². The zero-order chi connectivity index (χ0) is 14.7. The lowest BCUT2D eigenvalue weighted by molar-refractivity contribution is 0.0893. The van der Waals surface area contributed by atoms with Crippen LogP contribution in [-0.2, 0) is 0 Å². The number of carbonyl (C=O) groups excluding carboxylic acids is 1. The van der Waals surface area contributed by atoms with Crippen molar-refractivity contribution in [2.24, 2.45) is 5.92 Å². The molecule has 1 N–H and O–H groups in total. The van der Waals surface area contributed by atoms with Crippen LogP contribution in [-0.4, -0.2) is 17.1 Å². The van der Waals surface area contributed by atoms with Crippen LogP contribution in [0, 0.1) is 12.8 Å². The van der Waals surface area contributed by atoms with Gasteiger partial charge in [0.15, 0.2) is 0 Å². The van der Waals surface area contributed by atoms with Gasteiger partial charge in [-0.15, -0.1) is 0 Å². The molecule has 20 heavy (non-hydrogen) atoms. The van der Waals surface area contributed by atoms with Crippen molar-refractivity contribution in [3.8, 4) is 11.3 Å². The number of amides is 1. The molecule has 2 aromatic rings. The molecule has 0 aliphatic heterocycles. The van der Waals surface area contributed by atoms with Gasteiger partial charge < -0.3 is 9.84 Å². The molecule has 0 spiro atoms. The fourth-order valence-corrected chi connectivity index (χ4v) is 1.69. The molecule has 4 heteroatoms. The van der Waals surface area contributed by atoms with E-state index in [-0.39, 0.29) is 17.7 Å². The molecular weight excluding hydrogens is 252 g/mol. The maximum Gasteiger partial charge on any atom is 0.290 e. The molecule has 0 saturated carbocycles. The molecule has 2 rings (SSSR count). The average Bonchev–Trinajstić information content (AvgIpc) is 2.89. The molecule has 0 aliphatic rings. The molecule has 0 aliphatic carbocycles. The summed E-state index contributed by atoms with van der Waals surface area (Å²) in [5.41, 5.74) is 2.80. The third kappa shape index (κ3) is 3.26. The van der Waals surface area contributed by atoms with Crippen LogP contribution < -0.4 is 5.32 Å². The van der Waals surface area contributed by atoms with Gasteiger partial charge in [-0.25, -0.2) is 0 Å². The van der Waals surface area contributed by atoms with Crippen molar-refractivity contribution >= 4 is 5.91 Å². The van der Waals surface area contributed by atoms with E-state index >= 15 is 0 Å². The standard InChI is InChI=1S/C16H20N2O2/c1-10(2)12(4)17-16(19)15-9-14(18-20-15)13-7-5-11(3)6-8-13/h5-10,12H,1-4H3,(H,17,19). The second-order valence-electron chi connectivity index (χ2n) is 5.45. The Morgan fingerprint density at radius 2 is 1.85 bits per heavy atom. The minimum atomic E-state index is -0.225. The summed E-state index contributed by atoms with van der Waals surface area (Å²) in [4.78, 5) is 12.0. The van der Waals surface area contributed by atoms with Crippen molar-refractivity contribution in [2.45, 2.75) is 33.7 Å². The lowest BCUT2D eigenvalue weighted by Gasteiger charge is -2.15. The Balaban J connectivity index is 2.12. The molecular formula is C16H20N2O2. The maximum absolute atomic E-state index is 12.0. The Morgan fingerprint density at radius 1 is 1.20 bits per heavy atom. The number of rotatable bonds is 4. The topological polar surface area (TPSA) is 55.1 Å². The van der Waals surface area contributed by atoms with Crippen LogP contribution in [0.3, 0.4) is 0 Å². The van der Waals surface area contributed by atoms with E-state index in [1.54, 1.807) is 6.07 Å². The molecule has 0 saturated heterocycles. The summed E-state index contributed by atoms with van der Waals surface area (Å²) in [5.74, 6) is 0.392. The number of benzene rings is 1. The van der Waals surface area contributed by atoms with Gasteiger partial charge in [-0.3, -0.25) is 4.79 Å². The van der Waals surface area contributed by atoms with Gasteiger partial charge in [0.1, 0.15) is 5.69 Å². The van der Waals surface area contributed by atoms with Gasteiger partial charge >= 0.3 is 0 Å². The molecule has 1 aromatic carbocycles. The fourth-order valence-electron chi connectivity index (χ4n) is 1.69. The lowest BCUT2D eigenvalue weighted by Crippen LogP contribution is -2.35. The van der Waals surface area contributed by atoms with E-state index in [1.165, 1.54) is 5.56 Å². The van der Waals surface area contributed by atoms with Gasteiger partial charge in [0.25, 0.3) is 5.91 Å². The normalized spacial score (nSPS) is 12.4. The first-order chi connectivity index (χ1) is 9.47. The van der Waals surface area contributed by atoms with Crippen LogP contribution >= 0.6 is 0 Å². The molecule has 1 atom stereocenters. The highest BCUT2D eigenvalue weighted by Crippen LogP contribution is 2.19. The zero-order valence-corrected chi connectivity index (χ0v) is 12.3. The molecule has 0 radical (unpaired) electrons. The lowest BCUT2D eigenvalue weighted by atomic mass is 10.1. The number of hydrogen-bond acceptors (Lipinski definition) is 3. The summed E-state index contributed by atoms with van der Waals surface area (Å²) in [7, 11) is 0. The minimum Gasteiger partial charge on any atom is -0.350 e. The summed E-state index contributed by atoms with van der Waals surface area (Å²) in [5, 5.41) is 6.85. The second-order valence-corrected chi connectivity index (χ2v) is 5.45. The highest BCUT2D eigenvalue weighted by Gasteiger charge is 2.17. The van der Waals surface area contributed by atoms with Gasteiger partial charge in [0.05, 0.1) is 0 Å². The Kier molecular flexibility index (Phi) is 4.23. The van der Waals surface area contributed by atoms with E-state index in [4.69, 9.17) is 4.52 Å². The van der Waals surface area contributed by atoms with Crippen molar-refractivity contribution in [1.82, 2.24) is 10.5 Å². The van der Waals surface area contributed by atoms with Crippen molar-refractivity contribution in [1.29, 1.82) is 0 Å². The number of hydrogen-bond donors (Lipinski definition) is 1. The summed E-state index contributed by atoms with van der Waals surface area (Å²) in [6.45, 7) is 8.12. The minimum absolute atomic E-state index is 0.0930. The van der Waals surface area contributed by atoms with Crippen LogP contribution in [0.1, 0.15) is 36.9 Å². The van der Waals surface area contributed by atoms with E-state index < -0.39 is 0 Å². The van der Waals surface area contributed by atoms with E-state index in [9.17, 15) is 4.79 Å². The third-order valence-corrected chi connectivity index (χ3v) is 3.44. The van der Waals surface area contributed by atoms with E-state index in [0.717, 1.165) is 5.56 Å². The largest absolute Gasteiger partial charge is 0.350 e. The van der Waals surface area contributed by atoms with Crippen molar-refractivity contribution in [3.63, 3.8) is 0 Å². The van der Waals surface area contributed by atoms with Gasteiger partial charge in [0, 0.05) is 17.7 Å². The smallest absolute Gasteiger partial charge is 0.290 e. The van der Waals surface area contributed by atoms with Crippen LogP contribution in [0.25, 0.3) is 11.3 Å². The van der Waals surface area contributed by atoms with Crippen LogP contribution in [0.5, 0.6) is 0 Å². The fraction of sp³-hybridized carbons (Fsp3) is 0.375. The van der Waals surface area contributed by atoms with Gasteiger partial charge in [-0.1, -0.05) is 48.8 Å². The van der Waals surface area contributed by atoms with E-state index in [1.807, 2.05) is 38.1 Å². The predicted octanol–water partition coefficient (Wildman–Crippen LogP) is 3.42. The maximum atomic E-state index is 12.0. The Labute approximate surface area is 119 Å². The van der Waals surface area contributed by atoms with Crippen LogP contribution in [0.2, 0.25) is 0 Å². The molecule has 1 amide bonds. The van der Waals surface area contributed by atoms with Crippen molar-refractivity contribution in [3.05, 3.63) is 41.7 Å². The monoisotopic (exact) mass is 272 g/mol. The van der Waals surface area contributed by atoms with Crippen LogP contribution in [0.15, 0.2) is 34.9 Å². The molecule has 0 fully saturated rings. The average molecular weight is 272 g/mol. The van der Waals surface area contributed by atoms with Crippen molar-refractivity contribution in [2.75, 3.05) is 0 Å². The second kappa shape index (κ2) is 5.90. The first kappa shape index (κ1) is 14.3. The highest BCUT2D eigenvalue weighted by atomic mass is 16.5. The van der Waals surface area contributed by atoms with Gasteiger partial charge in [-0.05, 0) is 19.8 Å². The van der Waals surface area contributed by atoms with Gasteiger partial charge in [-0.2, -0.15) is 0 Å². The van der Waals surface area contributed by atoms with Crippen molar-refractivity contribution < 1.29 is 9.32 Å². The van der Waals surface area contributed by atoms with E-state index in [0.29, 0.717) is 11.6 Å². The van der Waals surface area contributed by atoms with Crippen LogP contribution in [0.4, 0.5) is 0 Å². The molecule has 1 aromatic heterocycles. The first-order valence-corrected chi connectivity index (χ1v) is 6.82. The quantitative estimate of drug-likeness (QED) is 0.927. The molecule has 106 valence electrons. The summed E-state index contributed by atoms with van der Waals surface area (Å²) >= 11 is 0. The Hall–Kier alpha value is -2.10. The molecule has 1 unspecified atom stereocenters. The highest BCUT2D eigenvalue weighted by molar-refractivity contribution is 5.92. The number of nitrogens with zero attached hydrogens (tertiary/aromatic N) is 1. The summed E-state index contributed by atoms with van der Waals surface area (Å²) in [6, 6.07) is 9.70. The predicted molar refractivity (Wildman–Crippen MR) is 78.4 cm³/mol. The number of nitrogens with one attached hydrogen (secondary N) is 1. The summed E-state index contributed by atoms with van der Waals surface area (Å²) < 4.78 is 5.13. The first-order valence-electron chi connectivity index (χ1n) is 6.82. The molecule has 0 bridgehead atoms. The van der Waals surface area contributed by atoms with Gasteiger partial charge in [0.2, 0.25) is 5.76 Å². The molecule has 1 heterocycles. The zero-order valence-electron chi connectivity index (χ0n) is 12.3. The number of aryl methyl sites for hydroxylation is 1. The number of carbonyl (C=O) groups is 1. The molecule has 4 nitrogen and oxygen atoms in total. The summed E-state index contributed by atoms with van der Waals surface area (Å²) in [6.07, 6.45) is 0.